The lowest BCUT2D eigenvalue weighted by molar-refractivity contribution is 0.568. The van der Waals surface area contributed by atoms with Crippen LogP contribution >= 0.6 is 15.9 Å². The number of nitrogens with zero attached hydrogens (tertiary/aromatic N) is 4. The van der Waals surface area contributed by atoms with Crippen LogP contribution in [0.2, 0.25) is 0 Å². The van der Waals surface area contributed by atoms with Crippen molar-refractivity contribution in [3.63, 3.8) is 0 Å². The molecule has 1 aliphatic heterocycles. The molecule has 4 rings (SSSR count). The van der Waals surface area contributed by atoms with E-state index in [1.165, 1.54) is 23.9 Å². The van der Waals surface area contributed by atoms with Crippen molar-refractivity contribution < 1.29 is 0 Å². The van der Waals surface area contributed by atoms with E-state index in [1.54, 1.807) is 6.07 Å². The van der Waals surface area contributed by atoms with Crippen molar-refractivity contribution in [1.82, 2.24) is 19.7 Å². The predicted molar refractivity (Wildman–Crippen MR) is 106 cm³/mol. The number of aryl methyl sites for hydroxylation is 1. The first kappa shape index (κ1) is 17.0. The van der Waals surface area contributed by atoms with E-state index in [1.807, 2.05) is 37.4 Å². The first-order chi connectivity index (χ1) is 12.6. The Morgan fingerprint density at radius 2 is 1.85 bits per heavy atom. The van der Waals surface area contributed by atoms with Crippen LogP contribution in [0.5, 0.6) is 0 Å². The second kappa shape index (κ2) is 7.07. The molecule has 0 spiro atoms. The molecule has 2 aromatic heterocycles. The fraction of sp³-hybridized carbons (Fsp3) is 0.316. The Morgan fingerprint density at radius 1 is 1.12 bits per heavy atom. The van der Waals surface area contributed by atoms with Crippen molar-refractivity contribution >= 4 is 21.9 Å². The Labute approximate surface area is 160 Å². The van der Waals surface area contributed by atoms with Gasteiger partial charge in [-0.25, -0.2) is 14.6 Å². The topological polar surface area (TPSA) is 66.8 Å². The minimum atomic E-state index is -0.109. The van der Waals surface area contributed by atoms with Crippen LogP contribution in [0.1, 0.15) is 25.0 Å². The van der Waals surface area contributed by atoms with Crippen molar-refractivity contribution in [1.29, 1.82) is 0 Å². The van der Waals surface area contributed by atoms with Crippen LogP contribution in [0.3, 0.4) is 0 Å². The summed E-state index contributed by atoms with van der Waals surface area (Å²) >= 11 is 3.41. The molecule has 0 atom stereocenters. The summed E-state index contributed by atoms with van der Waals surface area (Å²) in [5, 5.41) is 3.17. The molecule has 26 heavy (non-hydrogen) atoms. The van der Waals surface area contributed by atoms with Crippen molar-refractivity contribution in [2.24, 2.45) is 0 Å². The molecular formula is C19H20BrN5O. The summed E-state index contributed by atoms with van der Waals surface area (Å²) in [6.45, 7) is 3.98. The van der Waals surface area contributed by atoms with Gasteiger partial charge in [-0.15, -0.1) is 0 Å². The Balaban J connectivity index is 1.66. The number of piperidine rings is 1. The molecule has 0 unspecified atom stereocenters. The number of rotatable bonds is 3. The summed E-state index contributed by atoms with van der Waals surface area (Å²) in [6, 6.07) is 9.17. The van der Waals surface area contributed by atoms with E-state index in [-0.39, 0.29) is 5.56 Å². The molecule has 1 N–H and O–H groups in total. The molecule has 7 heteroatoms. The van der Waals surface area contributed by atoms with Crippen molar-refractivity contribution in [2.75, 3.05) is 18.0 Å². The zero-order valence-electron chi connectivity index (χ0n) is 14.6. The summed E-state index contributed by atoms with van der Waals surface area (Å²) in [7, 11) is 0. The Bertz CT molecular complexity index is 970. The van der Waals surface area contributed by atoms with E-state index in [2.05, 4.69) is 35.9 Å². The van der Waals surface area contributed by atoms with E-state index in [9.17, 15) is 4.79 Å². The number of benzene rings is 1. The molecule has 1 fully saturated rings. The molecule has 3 aromatic rings. The Hall–Kier alpha value is -2.41. The number of hydrogen-bond donors (Lipinski definition) is 1. The van der Waals surface area contributed by atoms with Crippen LogP contribution in [0.25, 0.3) is 16.9 Å². The zero-order valence-corrected chi connectivity index (χ0v) is 16.2. The van der Waals surface area contributed by atoms with Gasteiger partial charge in [0.2, 0.25) is 5.95 Å². The summed E-state index contributed by atoms with van der Waals surface area (Å²) in [4.78, 5) is 23.8. The van der Waals surface area contributed by atoms with Crippen LogP contribution in [0.15, 0.2) is 45.8 Å². The number of hydrogen-bond acceptors (Lipinski definition) is 4. The lowest BCUT2D eigenvalue weighted by Crippen LogP contribution is -2.31. The van der Waals surface area contributed by atoms with E-state index in [0.29, 0.717) is 0 Å². The van der Waals surface area contributed by atoms with E-state index in [4.69, 9.17) is 0 Å². The summed E-state index contributed by atoms with van der Waals surface area (Å²) < 4.78 is 2.50. The lowest BCUT2D eigenvalue weighted by atomic mass is 10.1. The maximum atomic E-state index is 12.4. The van der Waals surface area contributed by atoms with Gasteiger partial charge < -0.3 is 4.90 Å². The van der Waals surface area contributed by atoms with Crippen molar-refractivity contribution in [2.45, 2.75) is 26.2 Å². The third kappa shape index (κ3) is 3.31. The molecule has 1 aromatic carbocycles. The quantitative estimate of drug-likeness (QED) is 0.710. The zero-order chi connectivity index (χ0) is 18.1. The molecule has 1 saturated heterocycles. The normalized spacial score (nSPS) is 14.6. The Kier molecular flexibility index (Phi) is 4.63. The van der Waals surface area contributed by atoms with Gasteiger partial charge in [-0.3, -0.25) is 9.89 Å². The number of aromatic nitrogens is 4. The fourth-order valence-electron chi connectivity index (χ4n) is 3.28. The van der Waals surface area contributed by atoms with Gasteiger partial charge >= 0.3 is 0 Å². The van der Waals surface area contributed by atoms with Gasteiger partial charge in [-0.2, -0.15) is 0 Å². The SMILES string of the molecule is Cc1nc(N2CCCCC2)ncc1-c1cc(=O)n(-c2ccc(Br)cc2)[nH]1. The number of halogens is 1. The molecular weight excluding hydrogens is 394 g/mol. The smallest absolute Gasteiger partial charge is 0.271 e. The van der Waals surface area contributed by atoms with Crippen LogP contribution in [0, 0.1) is 6.92 Å². The molecule has 1 aliphatic rings. The molecule has 0 amide bonds. The number of H-pyrrole nitrogens is 1. The molecule has 6 nitrogen and oxygen atoms in total. The van der Waals surface area contributed by atoms with E-state index < -0.39 is 0 Å². The Morgan fingerprint density at radius 3 is 2.54 bits per heavy atom. The first-order valence-electron chi connectivity index (χ1n) is 8.79. The summed E-state index contributed by atoms with van der Waals surface area (Å²) in [6.07, 6.45) is 5.46. The van der Waals surface area contributed by atoms with Crippen LogP contribution < -0.4 is 10.5 Å². The van der Waals surface area contributed by atoms with Gasteiger partial charge in [0.25, 0.3) is 5.56 Å². The standard InChI is InChI=1S/C19H20BrN5O/c1-13-16(12-21-19(22-13)24-9-3-2-4-10-24)17-11-18(26)25(23-17)15-7-5-14(20)6-8-15/h5-8,11-12,23H,2-4,9-10H2,1H3. The monoisotopic (exact) mass is 413 g/mol. The van der Waals surface area contributed by atoms with Gasteiger partial charge in [0.05, 0.1) is 17.1 Å². The highest BCUT2D eigenvalue weighted by Crippen LogP contribution is 2.23. The van der Waals surface area contributed by atoms with Gasteiger partial charge in [-0.05, 0) is 50.5 Å². The molecule has 0 aliphatic carbocycles. The van der Waals surface area contributed by atoms with Gasteiger partial charge in [0.15, 0.2) is 0 Å². The van der Waals surface area contributed by atoms with Gasteiger partial charge in [0.1, 0.15) is 0 Å². The molecule has 0 radical (unpaired) electrons. The maximum Gasteiger partial charge on any atom is 0.271 e. The summed E-state index contributed by atoms with van der Waals surface area (Å²) in [5.74, 6) is 0.778. The molecule has 3 heterocycles. The number of aromatic amines is 1. The highest BCUT2D eigenvalue weighted by atomic mass is 79.9. The second-order valence-corrected chi connectivity index (χ2v) is 7.45. The minimum absolute atomic E-state index is 0.109. The van der Waals surface area contributed by atoms with Crippen LogP contribution in [0.4, 0.5) is 5.95 Å². The average molecular weight is 414 g/mol. The van der Waals surface area contributed by atoms with E-state index >= 15 is 0 Å². The highest BCUT2D eigenvalue weighted by molar-refractivity contribution is 9.10. The maximum absolute atomic E-state index is 12.4. The van der Waals surface area contributed by atoms with Crippen LogP contribution in [-0.4, -0.2) is 32.8 Å². The van der Waals surface area contributed by atoms with E-state index in [0.717, 1.165) is 46.1 Å². The van der Waals surface area contributed by atoms with Crippen LogP contribution in [-0.2, 0) is 0 Å². The number of anilines is 1. The number of nitrogens with one attached hydrogen (secondary N) is 1. The van der Waals surface area contributed by atoms with Crippen molar-refractivity contribution in [3.05, 3.63) is 57.0 Å². The molecule has 0 saturated carbocycles. The fourth-order valence-corrected chi connectivity index (χ4v) is 3.55. The van der Waals surface area contributed by atoms with Gasteiger partial charge in [-0.1, -0.05) is 15.9 Å². The van der Waals surface area contributed by atoms with Crippen molar-refractivity contribution in [3.8, 4) is 16.9 Å². The second-order valence-electron chi connectivity index (χ2n) is 6.54. The predicted octanol–water partition coefficient (Wildman–Crippen LogP) is 3.68. The lowest BCUT2D eigenvalue weighted by Gasteiger charge is -2.26. The largest absolute Gasteiger partial charge is 0.341 e. The third-order valence-electron chi connectivity index (χ3n) is 4.70. The average Bonchev–Trinajstić information content (AvgIpc) is 3.04. The summed E-state index contributed by atoms with van der Waals surface area (Å²) in [5.41, 5.74) is 3.11. The molecule has 0 bridgehead atoms. The first-order valence-corrected chi connectivity index (χ1v) is 9.58. The molecule has 134 valence electrons. The third-order valence-corrected chi connectivity index (χ3v) is 5.23. The van der Waals surface area contributed by atoms with Gasteiger partial charge in [0, 0.05) is 35.4 Å². The highest BCUT2D eigenvalue weighted by Gasteiger charge is 2.16. The minimum Gasteiger partial charge on any atom is -0.341 e.